The molecule has 0 atom stereocenters. The smallest absolute Gasteiger partial charge is 0.251 e. The van der Waals surface area contributed by atoms with E-state index in [-0.39, 0.29) is 0 Å². The van der Waals surface area contributed by atoms with Gasteiger partial charge in [0, 0.05) is 33.1 Å². The van der Waals surface area contributed by atoms with Crippen LogP contribution in [0.3, 0.4) is 0 Å². The highest BCUT2D eigenvalue weighted by Gasteiger charge is 2.20. The van der Waals surface area contributed by atoms with Crippen LogP contribution in [0.15, 0.2) is 35.0 Å². The van der Waals surface area contributed by atoms with Gasteiger partial charge >= 0.3 is 0 Å². The third-order valence-electron chi connectivity index (χ3n) is 4.81. The minimum absolute atomic E-state index is 0.497. The number of nitrogens with one attached hydrogen (secondary N) is 1. The summed E-state index contributed by atoms with van der Waals surface area (Å²) < 4.78 is 8.00. The molecule has 0 saturated carbocycles. The van der Waals surface area contributed by atoms with Crippen LogP contribution in [0, 0.1) is 0 Å². The van der Waals surface area contributed by atoms with E-state index in [1.165, 1.54) is 0 Å². The summed E-state index contributed by atoms with van der Waals surface area (Å²) in [6.07, 6.45) is 3.27. The summed E-state index contributed by atoms with van der Waals surface area (Å²) in [5.74, 6) is 1.98. The van der Waals surface area contributed by atoms with Crippen LogP contribution in [0.1, 0.15) is 11.4 Å². The Morgan fingerprint density at radius 3 is 2.83 bits per heavy atom. The van der Waals surface area contributed by atoms with Crippen molar-refractivity contribution in [1.82, 2.24) is 40.1 Å². The minimum atomic E-state index is 0.497. The van der Waals surface area contributed by atoms with E-state index in [9.17, 15) is 0 Å². The fraction of sp³-hybridized carbons (Fsp3) is 0.263. The SMILES string of the molecule is CN(C)c1nc2oc(-c3cccc(CCc4nn[nH]n4)c3)nc2c2c1ncn2C. The summed E-state index contributed by atoms with van der Waals surface area (Å²) in [6.45, 7) is 0. The predicted octanol–water partition coefficient (Wildman–Crippen LogP) is 2.14. The number of aromatic amines is 1. The normalized spacial score (nSPS) is 11.6. The molecule has 0 aliphatic heterocycles. The van der Waals surface area contributed by atoms with Gasteiger partial charge in [-0.05, 0) is 24.1 Å². The second-order valence-electron chi connectivity index (χ2n) is 7.08. The fourth-order valence-corrected chi connectivity index (χ4v) is 3.40. The lowest BCUT2D eigenvalue weighted by atomic mass is 10.1. The first kappa shape index (κ1) is 17.3. The van der Waals surface area contributed by atoms with Crippen molar-refractivity contribution in [2.45, 2.75) is 12.8 Å². The highest BCUT2D eigenvalue weighted by Crippen LogP contribution is 2.32. The molecule has 4 heterocycles. The Morgan fingerprint density at radius 2 is 2.03 bits per heavy atom. The average molecular weight is 389 g/mol. The molecule has 0 spiro atoms. The Labute approximate surface area is 165 Å². The zero-order valence-electron chi connectivity index (χ0n) is 16.3. The standard InChI is InChI=1S/C19H19N9O/c1-27(2)17-14-16(28(3)10-20-14)15-19(22-17)29-18(21-15)12-6-4-5-11(9-12)7-8-13-23-25-26-24-13/h4-6,9-10H,7-8H2,1-3H3,(H,23,24,25,26). The number of rotatable bonds is 5. The zero-order valence-corrected chi connectivity index (χ0v) is 16.3. The summed E-state index contributed by atoms with van der Waals surface area (Å²) in [6, 6.07) is 8.11. The van der Waals surface area contributed by atoms with Crippen molar-refractivity contribution in [3.05, 3.63) is 42.0 Å². The van der Waals surface area contributed by atoms with Crippen LogP contribution in [0.2, 0.25) is 0 Å². The molecule has 146 valence electrons. The third-order valence-corrected chi connectivity index (χ3v) is 4.81. The van der Waals surface area contributed by atoms with Gasteiger partial charge in [-0.25, -0.2) is 9.97 Å². The van der Waals surface area contributed by atoms with Gasteiger partial charge in [0.15, 0.2) is 17.2 Å². The first-order valence-electron chi connectivity index (χ1n) is 9.20. The number of anilines is 1. The number of nitrogens with zero attached hydrogens (tertiary/aromatic N) is 8. The van der Waals surface area contributed by atoms with Crippen molar-refractivity contribution in [2.24, 2.45) is 7.05 Å². The van der Waals surface area contributed by atoms with Gasteiger partial charge < -0.3 is 13.9 Å². The van der Waals surface area contributed by atoms with E-state index in [1.807, 2.05) is 42.7 Å². The first-order chi connectivity index (χ1) is 14.1. The van der Waals surface area contributed by atoms with Crippen molar-refractivity contribution in [2.75, 3.05) is 19.0 Å². The van der Waals surface area contributed by atoms with Crippen LogP contribution in [-0.2, 0) is 19.9 Å². The molecule has 0 fully saturated rings. The van der Waals surface area contributed by atoms with Gasteiger partial charge in [0.05, 0.1) is 6.33 Å². The second kappa shape index (κ2) is 6.66. The number of oxazole rings is 1. The van der Waals surface area contributed by atoms with Crippen LogP contribution in [-0.4, -0.2) is 54.2 Å². The molecule has 1 aromatic carbocycles. The number of aromatic nitrogens is 8. The summed E-state index contributed by atoms with van der Waals surface area (Å²) in [4.78, 5) is 15.8. The number of pyridine rings is 1. The summed E-state index contributed by atoms with van der Waals surface area (Å²) in [5.41, 5.74) is 4.95. The number of imidazole rings is 1. The predicted molar refractivity (Wildman–Crippen MR) is 107 cm³/mol. The van der Waals surface area contributed by atoms with Gasteiger partial charge in [0.25, 0.3) is 5.71 Å². The van der Waals surface area contributed by atoms with Crippen LogP contribution < -0.4 is 4.90 Å². The minimum Gasteiger partial charge on any atom is -0.418 e. The first-order valence-corrected chi connectivity index (χ1v) is 9.20. The summed E-state index contributed by atoms with van der Waals surface area (Å²) in [5, 5.41) is 14.1. The summed E-state index contributed by atoms with van der Waals surface area (Å²) in [7, 11) is 5.82. The highest BCUT2D eigenvalue weighted by atomic mass is 16.4. The van der Waals surface area contributed by atoms with Crippen molar-refractivity contribution < 1.29 is 4.42 Å². The molecule has 0 bridgehead atoms. The molecule has 29 heavy (non-hydrogen) atoms. The largest absolute Gasteiger partial charge is 0.418 e. The topological polar surface area (TPSA) is 114 Å². The second-order valence-corrected chi connectivity index (χ2v) is 7.08. The van der Waals surface area contributed by atoms with E-state index >= 15 is 0 Å². The van der Waals surface area contributed by atoms with Crippen LogP contribution in [0.5, 0.6) is 0 Å². The van der Waals surface area contributed by atoms with E-state index in [0.29, 0.717) is 29.4 Å². The molecule has 10 heteroatoms. The molecule has 0 aliphatic carbocycles. The van der Waals surface area contributed by atoms with Gasteiger partial charge in [-0.15, -0.1) is 10.2 Å². The van der Waals surface area contributed by atoms with Crippen molar-refractivity contribution >= 4 is 28.1 Å². The number of H-pyrrole nitrogens is 1. The molecule has 0 saturated heterocycles. The maximum Gasteiger partial charge on any atom is 0.251 e. The summed E-state index contributed by atoms with van der Waals surface area (Å²) >= 11 is 0. The van der Waals surface area contributed by atoms with E-state index < -0.39 is 0 Å². The Bertz CT molecular complexity index is 1300. The third kappa shape index (κ3) is 2.98. The molecule has 5 rings (SSSR count). The van der Waals surface area contributed by atoms with E-state index in [0.717, 1.165) is 34.4 Å². The van der Waals surface area contributed by atoms with Gasteiger partial charge in [-0.3, -0.25) is 0 Å². The van der Waals surface area contributed by atoms with E-state index in [2.05, 4.69) is 42.7 Å². The Hall–Kier alpha value is -3.82. The monoisotopic (exact) mass is 389 g/mol. The van der Waals surface area contributed by atoms with Gasteiger partial charge in [-0.2, -0.15) is 10.2 Å². The van der Waals surface area contributed by atoms with Gasteiger partial charge in [0.1, 0.15) is 11.0 Å². The van der Waals surface area contributed by atoms with Gasteiger partial charge in [-0.1, -0.05) is 17.3 Å². The van der Waals surface area contributed by atoms with E-state index in [1.54, 1.807) is 6.33 Å². The molecule has 0 amide bonds. The highest BCUT2D eigenvalue weighted by molar-refractivity contribution is 6.03. The maximum absolute atomic E-state index is 6.05. The zero-order chi connectivity index (χ0) is 20.0. The molecule has 10 nitrogen and oxygen atoms in total. The lowest BCUT2D eigenvalue weighted by Gasteiger charge is -2.11. The number of fused-ring (bicyclic) bond motifs is 3. The van der Waals surface area contributed by atoms with E-state index in [4.69, 9.17) is 9.40 Å². The molecule has 0 aliphatic rings. The van der Waals surface area contributed by atoms with Crippen LogP contribution >= 0.6 is 0 Å². The Balaban J connectivity index is 1.56. The Morgan fingerprint density at radius 1 is 1.14 bits per heavy atom. The molecule has 1 N–H and O–H groups in total. The lowest BCUT2D eigenvalue weighted by Crippen LogP contribution is -2.11. The van der Waals surface area contributed by atoms with Crippen LogP contribution in [0.4, 0.5) is 5.82 Å². The van der Waals surface area contributed by atoms with Crippen molar-refractivity contribution in [3.63, 3.8) is 0 Å². The lowest BCUT2D eigenvalue weighted by molar-refractivity contribution is 0.608. The van der Waals surface area contributed by atoms with Gasteiger partial charge in [0.2, 0.25) is 5.89 Å². The molecule has 4 aromatic heterocycles. The fourth-order valence-electron chi connectivity index (χ4n) is 3.40. The number of tetrazole rings is 1. The maximum atomic E-state index is 6.05. The molecular weight excluding hydrogens is 370 g/mol. The molecule has 5 aromatic rings. The van der Waals surface area contributed by atoms with Crippen molar-refractivity contribution in [1.29, 1.82) is 0 Å². The number of aryl methyl sites for hydroxylation is 3. The number of hydrogen-bond donors (Lipinski definition) is 1. The quantitative estimate of drug-likeness (QED) is 0.486. The molecule has 0 unspecified atom stereocenters. The number of hydrogen-bond acceptors (Lipinski definition) is 8. The average Bonchev–Trinajstić information content (AvgIpc) is 3.45. The Kier molecular flexibility index (Phi) is 3.97. The molecular formula is C19H19N9O. The number of benzene rings is 1. The van der Waals surface area contributed by atoms with Crippen LogP contribution in [0.25, 0.3) is 33.7 Å². The van der Waals surface area contributed by atoms with Crippen molar-refractivity contribution in [3.8, 4) is 11.5 Å². The molecule has 0 radical (unpaired) electrons.